The minimum Gasteiger partial charge on any atom is -0.394 e. The largest absolute Gasteiger partial charge is 0.394 e. The lowest BCUT2D eigenvalue weighted by Crippen LogP contribution is -2.88. The average Bonchev–Trinajstić information content (AvgIpc) is 3.19. The van der Waals surface area contributed by atoms with Crippen molar-refractivity contribution in [3.8, 4) is 0 Å². The van der Waals surface area contributed by atoms with Crippen molar-refractivity contribution in [3.05, 3.63) is 0 Å². The molecule has 56 heavy (non-hydrogen) atoms. The average molecular weight is 829 g/mol. The van der Waals surface area contributed by atoms with E-state index in [1.54, 1.807) is 0 Å². The van der Waals surface area contributed by atoms with Crippen molar-refractivity contribution in [2.75, 3.05) is 33.0 Å². The standard InChI is InChI=1S/C30H52O26/c31-1-6-11(36)15(40)19(44)24(50-6)29(49)10(5-35)54-28(55-26-21(46)17(42)13(38)8(3-33)52-26)23(48)30(29,25-20(45)16(41)12(37)7(2-32)51-25)56-27-22(47)18(43)14(39)9(4-34)53-27/h6-28,31-49H,1-5H2/t6-,7-,8-,9-,10-,11-,12-,13-,14-,15+,16+,17+,18+,19-,20-,21-,22-,23+,24?,25?,26-,27?,28-,29+,30+/m1/s1. The minimum atomic E-state index is -3.70. The summed E-state index contributed by atoms with van der Waals surface area (Å²) in [5.74, 6) is 0. The Hall–Kier alpha value is -1.04. The van der Waals surface area contributed by atoms with E-state index in [4.69, 9.17) is 33.2 Å². The van der Waals surface area contributed by atoms with Gasteiger partial charge in [-0.05, 0) is 0 Å². The first kappa shape index (κ1) is 46.0. The molecule has 5 aliphatic heterocycles. The Morgan fingerprint density at radius 2 is 0.750 bits per heavy atom. The van der Waals surface area contributed by atoms with E-state index in [2.05, 4.69) is 0 Å². The number of ether oxygens (including phenoxy) is 7. The Morgan fingerprint density at radius 1 is 0.375 bits per heavy atom. The highest BCUT2D eigenvalue weighted by Crippen LogP contribution is 2.53. The molecule has 5 saturated heterocycles. The first-order valence-electron chi connectivity index (χ1n) is 17.5. The van der Waals surface area contributed by atoms with Crippen molar-refractivity contribution in [2.24, 2.45) is 0 Å². The van der Waals surface area contributed by atoms with E-state index >= 15 is 0 Å². The zero-order valence-electron chi connectivity index (χ0n) is 29.2. The zero-order chi connectivity index (χ0) is 41.8. The second-order valence-corrected chi connectivity index (χ2v) is 14.4. The fourth-order valence-electron chi connectivity index (χ4n) is 7.94. The molecule has 0 aromatic carbocycles. The van der Waals surface area contributed by atoms with Crippen molar-refractivity contribution in [1.29, 1.82) is 0 Å². The maximum Gasteiger partial charge on any atom is 0.190 e. The maximum atomic E-state index is 13.1. The van der Waals surface area contributed by atoms with Crippen LogP contribution in [0, 0.1) is 0 Å². The van der Waals surface area contributed by atoms with Crippen molar-refractivity contribution < 1.29 is 130 Å². The lowest BCUT2D eigenvalue weighted by molar-refractivity contribution is -0.471. The molecule has 328 valence electrons. The summed E-state index contributed by atoms with van der Waals surface area (Å²) in [6, 6.07) is 0. The van der Waals surface area contributed by atoms with Gasteiger partial charge in [0.1, 0.15) is 122 Å². The SMILES string of the molecule is OC[C@H]1O[C@H](O[C@H]2O[C@H](CO)[C@](O)(C3O[C@H](CO)[C@@H](O)[C@H](O)[C@H]3O)[C@@](OC3O[C@H](CO)[C@@H](O)[C@H](O)[C@H]3O)(C3O[C@H](CO)[C@@H](O)[C@H](O)[C@H]3O)[C@H]2O)[C@H](O)[C@@H](O)[C@@H]1O. The van der Waals surface area contributed by atoms with Crippen LogP contribution in [-0.2, 0) is 33.2 Å². The van der Waals surface area contributed by atoms with Gasteiger partial charge in [0, 0.05) is 0 Å². The predicted octanol–water partition coefficient (Wildman–Crippen LogP) is -13.1. The third-order valence-corrected chi connectivity index (χ3v) is 11.2. The monoisotopic (exact) mass is 828 g/mol. The maximum absolute atomic E-state index is 13.1. The predicted molar refractivity (Wildman–Crippen MR) is 167 cm³/mol. The second kappa shape index (κ2) is 17.9. The molecule has 0 amide bonds. The van der Waals surface area contributed by atoms with Gasteiger partial charge in [-0.25, -0.2) is 0 Å². The highest BCUT2D eigenvalue weighted by atomic mass is 16.8. The lowest BCUT2D eigenvalue weighted by Gasteiger charge is -2.65. The van der Waals surface area contributed by atoms with E-state index in [0.29, 0.717) is 0 Å². The van der Waals surface area contributed by atoms with Crippen LogP contribution in [0.25, 0.3) is 0 Å². The number of aliphatic hydroxyl groups excluding tert-OH is 18. The third kappa shape index (κ3) is 7.40. The molecule has 0 aliphatic carbocycles. The molecular formula is C30H52O26. The van der Waals surface area contributed by atoms with Gasteiger partial charge in [0.25, 0.3) is 0 Å². The van der Waals surface area contributed by atoms with Crippen LogP contribution in [0.2, 0.25) is 0 Å². The normalized spacial score (nSPS) is 55.9. The first-order valence-corrected chi connectivity index (χ1v) is 17.5. The Bertz CT molecular complexity index is 1260. The van der Waals surface area contributed by atoms with Crippen LogP contribution >= 0.6 is 0 Å². The van der Waals surface area contributed by atoms with Gasteiger partial charge in [-0.3, -0.25) is 0 Å². The van der Waals surface area contributed by atoms with Gasteiger partial charge in [0.05, 0.1) is 33.0 Å². The van der Waals surface area contributed by atoms with Gasteiger partial charge in [0.2, 0.25) is 0 Å². The van der Waals surface area contributed by atoms with E-state index in [1.807, 2.05) is 0 Å². The highest BCUT2D eigenvalue weighted by molar-refractivity contribution is 5.25. The van der Waals surface area contributed by atoms with Crippen molar-refractivity contribution in [1.82, 2.24) is 0 Å². The molecule has 25 atom stereocenters. The molecule has 26 nitrogen and oxygen atoms in total. The molecule has 0 aromatic rings. The minimum absolute atomic E-state index is 0.996. The smallest absolute Gasteiger partial charge is 0.190 e. The van der Waals surface area contributed by atoms with Crippen LogP contribution < -0.4 is 0 Å². The van der Waals surface area contributed by atoms with Crippen LogP contribution in [-0.4, -0.2) is 282 Å². The molecule has 0 aromatic heterocycles. The molecule has 0 saturated carbocycles. The molecule has 0 radical (unpaired) electrons. The molecule has 5 rings (SSSR count). The first-order chi connectivity index (χ1) is 26.3. The zero-order valence-corrected chi connectivity index (χ0v) is 29.2. The van der Waals surface area contributed by atoms with Crippen molar-refractivity contribution in [2.45, 2.75) is 152 Å². The molecule has 5 heterocycles. The van der Waals surface area contributed by atoms with Crippen LogP contribution in [0.5, 0.6) is 0 Å². The molecule has 5 fully saturated rings. The fourth-order valence-corrected chi connectivity index (χ4v) is 7.94. The van der Waals surface area contributed by atoms with Crippen molar-refractivity contribution >= 4 is 0 Å². The summed E-state index contributed by atoms with van der Waals surface area (Å²) in [4.78, 5) is 0. The third-order valence-electron chi connectivity index (χ3n) is 11.2. The molecule has 19 N–H and O–H groups in total. The topological polar surface area (TPSA) is 449 Å². The Balaban J connectivity index is 1.78. The molecule has 5 aliphatic rings. The van der Waals surface area contributed by atoms with Crippen molar-refractivity contribution in [3.63, 3.8) is 0 Å². The van der Waals surface area contributed by atoms with E-state index in [0.717, 1.165) is 0 Å². The molecule has 3 unspecified atom stereocenters. The summed E-state index contributed by atoms with van der Waals surface area (Å²) in [7, 11) is 0. The van der Waals surface area contributed by atoms with Crippen LogP contribution in [0.3, 0.4) is 0 Å². The van der Waals surface area contributed by atoms with E-state index in [9.17, 15) is 97.0 Å². The van der Waals surface area contributed by atoms with Gasteiger partial charge in [-0.1, -0.05) is 0 Å². The summed E-state index contributed by atoms with van der Waals surface area (Å²) in [6.45, 7) is -5.97. The Labute approximate surface area is 315 Å². The van der Waals surface area contributed by atoms with Crippen LogP contribution in [0.15, 0.2) is 0 Å². The van der Waals surface area contributed by atoms with Gasteiger partial charge in [-0.2, -0.15) is 0 Å². The Kier molecular flexibility index (Phi) is 14.7. The lowest BCUT2D eigenvalue weighted by atomic mass is 9.62. The fraction of sp³-hybridized carbons (Fsp3) is 1.00. The molecule has 26 heteroatoms. The number of hydrogen-bond acceptors (Lipinski definition) is 26. The molecular weight excluding hydrogens is 776 g/mol. The summed E-state index contributed by atoms with van der Waals surface area (Å²) < 4.78 is 39.5. The number of hydrogen-bond donors (Lipinski definition) is 19. The molecule has 0 bridgehead atoms. The summed E-state index contributed by atoms with van der Waals surface area (Å²) in [6.07, 6.45) is -53.0. The quantitative estimate of drug-likeness (QED) is 0.0919. The highest BCUT2D eigenvalue weighted by Gasteiger charge is 2.78. The number of rotatable bonds is 11. The Morgan fingerprint density at radius 3 is 1.20 bits per heavy atom. The summed E-state index contributed by atoms with van der Waals surface area (Å²) in [5, 5.41) is 206. The van der Waals surface area contributed by atoms with E-state index < -0.39 is 185 Å². The summed E-state index contributed by atoms with van der Waals surface area (Å²) in [5.41, 5.74) is -7.39. The van der Waals surface area contributed by atoms with Gasteiger partial charge >= 0.3 is 0 Å². The second-order valence-electron chi connectivity index (χ2n) is 14.4. The van der Waals surface area contributed by atoms with E-state index in [1.165, 1.54) is 0 Å². The van der Waals surface area contributed by atoms with Gasteiger partial charge in [0.15, 0.2) is 30.1 Å². The van der Waals surface area contributed by atoms with E-state index in [-0.39, 0.29) is 0 Å². The number of aliphatic hydroxyl groups is 19. The van der Waals surface area contributed by atoms with Crippen LogP contribution in [0.1, 0.15) is 0 Å². The van der Waals surface area contributed by atoms with Crippen LogP contribution in [0.4, 0.5) is 0 Å². The molecule has 0 spiro atoms. The van der Waals surface area contributed by atoms with Gasteiger partial charge in [-0.15, -0.1) is 0 Å². The van der Waals surface area contributed by atoms with Gasteiger partial charge < -0.3 is 130 Å². The summed E-state index contributed by atoms with van der Waals surface area (Å²) >= 11 is 0.